The zero-order chi connectivity index (χ0) is 20.2. The third-order valence-electron chi connectivity index (χ3n) is 5.20. The van der Waals surface area contributed by atoms with Gasteiger partial charge in [0.1, 0.15) is 10.8 Å². The fraction of sp³-hybridized carbons (Fsp3) is 0.450. The molecule has 1 aromatic carbocycles. The van der Waals surface area contributed by atoms with Crippen molar-refractivity contribution in [1.29, 1.82) is 0 Å². The van der Waals surface area contributed by atoms with Crippen molar-refractivity contribution in [2.75, 3.05) is 38.5 Å². The Labute approximate surface area is 177 Å². The van der Waals surface area contributed by atoms with E-state index >= 15 is 0 Å². The average molecular weight is 435 g/mol. The zero-order valence-corrected chi connectivity index (χ0v) is 17.6. The van der Waals surface area contributed by atoms with Crippen LogP contribution in [0.3, 0.4) is 0 Å². The van der Waals surface area contributed by atoms with Gasteiger partial charge in [0, 0.05) is 55.6 Å². The highest BCUT2D eigenvalue weighted by Crippen LogP contribution is 2.28. The maximum absolute atomic E-state index is 13.2. The highest BCUT2D eigenvalue weighted by atomic mass is 32.2. The normalized spacial score (nSPS) is 20.7. The van der Waals surface area contributed by atoms with E-state index in [0.29, 0.717) is 25.2 Å². The molecule has 9 heteroatoms. The van der Waals surface area contributed by atoms with Crippen LogP contribution in [0.2, 0.25) is 0 Å². The molecule has 2 saturated heterocycles. The summed E-state index contributed by atoms with van der Waals surface area (Å²) in [5, 5.41) is 2.57. The minimum Gasteiger partial charge on any atom is -0.339 e. The summed E-state index contributed by atoms with van der Waals surface area (Å²) in [5.41, 5.74) is 0.414. The van der Waals surface area contributed by atoms with Crippen molar-refractivity contribution < 1.29 is 14.0 Å². The highest BCUT2D eigenvalue weighted by Gasteiger charge is 2.38. The minimum absolute atomic E-state index is 0.000870. The molecule has 1 atom stereocenters. The van der Waals surface area contributed by atoms with E-state index in [1.165, 1.54) is 36.0 Å². The summed E-state index contributed by atoms with van der Waals surface area (Å²) in [6.07, 6.45) is 2.72. The second-order valence-corrected chi connectivity index (χ2v) is 9.28. The second-order valence-electron chi connectivity index (χ2n) is 7.11. The van der Waals surface area contributed by atoms with Gasteiger partial charge in [-0.25, -0.2) is 9.37 Å². The molecular weight excluding hydrogens is 411 g/mol. The average Bonchev–Trinajstić information content (AvgIpc) is 3.36. The Morgan fingerprint density at radius 2 is 1.93 bits per heavy atom. The second kappa shape index (κ2) is 9.23. The minimum atomic E-state index is -0.502. The Bertz CT molecular complexity index is 847. The molecule has 4 rings (SSSR count). The lowest BCUT2D eigenvalue weighted by Gasteiger charge is -2.29. The van der Waals surface area contributed by atoms with Crippen LogP contribution in [0.25, 0.3) is 0 Å². The summed E-state index contributed by atoms with van der Waals surface area (Å²) in [4.78, 5) is 36.2. The number of nitrogens with zero attached hydrogens (tertiary/aromatic N) is 4. The van der Waals surface area contributed by atoms with Crippen LogP contribution >= 0.6 is 23.1 Å². The Kier molecular flexibility index (Phi) is 6.46. The molecule has 0 bridgehead atoms. The van der Waals surface area contributed by atoms with Crippen molar-refractivity contribution in [3.8, 4) is 0 Å². The van der Waals surface area contributed by atoms with Gasteiger partial charge in [0.2, 0.25) is 0 Å². The first kappa shape index (κ1) is 20.3. The van der Waals surface area contributed by atoms with E-state index in [1.807, 2.05) is 16.5 Å². The highest BCUT2D eigenvalue weighted by molar-refractivity contribution is 8.00. The molecule has 2 amide bonds. The number of carbonyl (C=O) groups is 2. The molecule has 1 aromatic heterocycles. The van der Waals surface area contributed by atoms with E-state index in [2.05, 4.69) is 9.88 Å². The molecule has 0 N–H and O–H groups in total. The summed E-state index contributed by atoms with van der Waals surface area (Å²) < 4.78 is 13.2. The molecule has 0 spiro atoms. The number of thiazole rings is 1. The Morgan fingerprint density at radius 3 is 2.69 bits per heavy atom. The molecule has 0 radical (unpaired) electrons. The van der Waals surface area contributed by atoms with Crippen LogP contribution in [0.15, 0.2) is 35.8 Å². The molecule has 2 aliphatic rings. The number of halogens is 1. The van der Waals surface area contributed by atoms with Gasteiger partial charge in [0.15, 0.2) is 5.37 Å². The number of hydrogen-bond acceptors (Lipinski definition) is 6. The number of amides is 2. The molecule has 1 unspecified atom stereocenters. The standard InChI is InChI=1S/C20H23FN4O2S2/c21-16-4-2-15(3-5-16)18(26)25-11-13-29-20(25)19(27)24-8-1-7-23(9-10-24)14-17-22-6-12-28-17/h2-6,12,20H,1,7-11,13-14H2. The van der Waals surface area contributed by atoms with Crippen LogP contribution in [0.4, 0.5) is 4.39 Å². The van der Waals surface area contributed by atoms with Crippen LogP contribution in [0.5, 0.6) is 0 Å². The van der Waals surface area contributed by atoms with Crippen molar-refractivity contribution >= 4 is 34.9 Å². The van der Waals surface area contributed by atoms with Gasteiger partial charge in [-0.3, -0.25) is 14.5 Å². The van der Waals surface area contributed by atoms with E-state index in [1.54, 1.807) is 16.2 Å². The first-order valence-electron chi connectivity index (χ1n) is 9.69. The Morgan fingerprint density at radius 1 is 1.10 bits per heavy atom. The van der Waals surface area contributed by atoms with E-state index in [9.17, 15) is 14.0 Å². The van der Waals surface area contributed by atoms with Crippen LogP contribution in [-0.2, 0) is 11.3 Å². The summed E-state index contributed by atoms with van der Waals surface area (Å²) >= 11 is 3.16. The number of rotatable bonds is 4. The quantitative estimate of drug-likeness (QED) is 0.740. The molecule has 2 aliphatic heterocycles. The third-order valence-corrected chi connectivity index (χ3v) is 7.15. The van der Waals surface area contributed by atoms with Crippen LogP contribution in [0, 0.1) is 5.82 Å². The van der Waals surface area contributed by atoms with Gasteiger partial charge in [-0.15, -0.1) is 23.1 Å². The topological polar surface area (TPSA) is 56.8 Å². The molecule has 154 valence electrons. The fourth-order valence-corrected chi connectivity index (χ4v) is 5.52. The Hall–Kier alpha value is -1.97. The van der Waals surface area contributed by atoms with Crippen molar-refractivity contribution in [3.63, 3.8) is 0 Å². The van der Waals surface area contributed by atoms with Gasteiger partial charge in [-0.2, -0.15) is 0 Å². The van der Waals surface area contributed by atoms with E-state index < -0.39 is 5.37 Å². The number of aromatic nitrogens is 1. The third kappa shape index (κ3) is 4.79. The molecule has 0 saturated carbocycles. The number of benzene rings is 1. The molecule has 3 heterocycles. The molecular formula is C20H23FN4O2S2. The maximum Gasteiger partial charge on any atom is 0.255 e. The molecule has 29 heavy (non-hydrogen) atoms. The van der Waals surface area contributed by atoms with Crippen molar-refractivity contribution in [2.45, 2.75) is 18.3 Å². The number of thioether (sulfide) groups is 1. The van der Waals surface area contributed by atoms with E-state index in [0.717, 1.165) is 36.8 Å². The van der Waals surface area contributed by atoms with Gasteiger partial charge in [0.05, 0.1) is 6.54 Å². The molecule has 2 aromatic rings. The summed E-state index contributed by atoms with van der Waals surface area (Å²) in [6, 6.07) is 5.51. The van der Waals surface area contributed by atoms with Gasteiger partial charge >= 0.3 is 0 Å². The maximum atomic E-state index is 13.2. The fourth-order valence-electron chi connectivity index (χ4n) is 3.67. The van der Waals surface area contributed by atoms with Crippen LogP contribution in [0.1, 0.15) is 21.8 Å². The first-order chi connectivity index (χ1) is 14.1. The van der Waals surface area contributed by atoms with E-state index in [-0.39, 0.29) is 17.6 Å². The first-order valence-corrected chi connectivity index (χ1v) is 11.6. The molecule has 0 aliphatic carbocycles. The number of hydrogen-bond donors (Lipinski definition) is 0. The summed E-state index contributed by atoms with van der Waals surface area (Å²) in [6.45, 7) is 4.42. The van der Waals surface area contributed by atoms with E-state index in [4.69, 9.17) is 0 Å². The number of carbonyl (C=O) groups excluding carboxylic acids is 2. The largest absolute Gasteiger partial charge is 0.339 e. The van der Waals surface area contributed by atoms with Crippen LogP contribution < -0.4 is 0 Å². The van der Waals surface area contributed by atoms with Crippen LogP contribution in [-0.4, -0.2) is 75.3 Å². The predicted octanol–water partition coefficient (Wildman–Crippen LogP) is 2.53. The summed E-state index contributed by atoms with van der Waals surface area (Å²) in [5.74, 6) is 0.136. The van der Waals surface area contributed by atoms with Gasteiger partial charge in [-0.05, 0) is 30.7 Å². The zero-order valence-electron chi connectivity index (χ0n) is 16.0. The lowest BCUT2D eigenvalue weighted by Crippen LogP contribution is -2.47. The van der Waals surface area contributed by atoms with Crippen molar-refractivity contribution in [3.05, 3.63) is 52.2 Å². The lowest BCUT2D eigenvalue weighted by molar-refractivity contribution is -0.132. The monoisotopic (exact) mass is 434 g/mol. The Balaban J connectivity index is 1.38. The molecule has 2 fully saturated rings. The van der Waals surface area contributed by atoms with Crippen molar-refractivity contribution in [2.24, 2.45) is 0 Å². The molecule has 6 nitrogen and oxygen atoms in total. The predicted molar refractivity (Wildman–Crippen MR) is 112 cm³/mol. The summed E-state index contributed by atoms with van der Waals surface area (Å²) in [7, 11) is 0. The lowest BCUT2D eigenvalue weighted by atomic mass is 10.2. The van der Waals surface area contributed by atoms with Gasteiger partial charge in [0.25, 0.3) is 11.8 Å². The van der Waals surface area contributed by atoms with Gasteiger partial charge in [-0.1, -0.05) is 0 Å². The smallest absolute Gasteiger partial charge is 0.255 e. The SMILES string of the molecule is O=C(C1SCCN1C(=O)c1ccc(F)cc1)N1CCCN(Cc2nccs2)CC1. The van der Waals surface area contributed by atoms with Crippen molar-refractivity contribution in [1.82, 2.24) is 19.7 Å². The van der Waals surface area contributed by atoms with Gasteiger partial charge < -0.3 is 9.80 Å².